The van der Waals surface area contributed by atoms with Crippen molar-refractivity contribution in [3.05, 3.63) is 29.8 Å². The van der Waals surface area contributed by atoms with Gasteiger partial charge in [0.05, 0.1) is 6.61 Å². The Morgan fingerprint density at radius 2 is 2.05 bits per heavy atom. The molecular weight excluding hydrogens is 236 g/mol. The fourth-order valence-corrected chi connectivity index (χ4v) is 2.75. The Morgan fingerprint density at radius 1 is 1.32 bits per heavy atom. The van der Waals surface area contributed by atoms with Gasteiger partial charge in [-0.05, 0) is 49.9 Å². The predicted octanol–water partition coefficient (Wildman–Crippen LogP) is 2.64. The second kappa shape index (κ2) is 6.92. The van der Waals surface area contributed by atoms with Gasteiger partial charge in [-0.25, -0.2) is 0 Å². The molecule has 2 unspecified atom stereocenters. The van der Waals surface area contributed by atoms with E-state index >= 15 is 0 Å². The number of nitrogens with two attached hydrogens (primary N) is 1. The smallest absolute Gasteiger partial charge is 0.119 e. The highest BCUT2D eigenvalue weighted by Crippen LogP contribution is 2.24. The van der Waals surface area contributed by atoms with E-state index in [-0.39, 0.29) is 0 Å². The summed E-state index contributed by atoms with van der Waals surface area (Å²) >= 11 is 0. The van der Waals surface area contributed by atoms with E-state index in [4.69, 9.17) is 10.5 Å². The SMILES string of the molecule is CCCOc1ccc(CN2CC(CN)CC2C)cc1. The van der Waals surface area contributed by atoms with Crippen molar-refractivity contribution in [1.29, 1.82) is 0 Å². The van der Waals surface area contributed by atoms with E-state index in [1.54, 1.807) is 0 Å². The van der Waals surface area contributed by atoms with Gasteiger partial charge in [0.2, 0.25) is 0 Å². The number of ether oxygens (including phenoxy) is 1. The zero-order valence-electron chi connectivity index (χ0n) is 12.1. The molecule has 0 radical (unpaired) electrons. The van der Waals surface area contributed by atoms with Gasteiger partial charge < -0.3 is 10.5 Å². The molecule has 2 rings (SSSR count). The average Bonchev–Trinajstić information content (AvgIpc) is 2.79. The van der Waals surface area contributed by atoms with Crippen LogP contribution in [-0.4, -0.2) is 30.6 Å². The molecule has 1 aliphatic rings. The number of likely N-dealkylation sites (tertiary alicyclic amines) is 1. The van der Waals surface area contributed by atoms with E-state index in [1.165, 1.54) is 12.0 Å². The van der Waals surface area contributed by atoms with Crippen LogP contribution in [0.15, 0.2) is 24.3 Å². The van der Waals surface area contributed by atoms with Gasteiger partial charge in [-0.15, -0.1) is 0 Å². The molecule has 0 saturated carbocycles. The maximum absolute atomic E-state index is 5.77. The molecule has 1 fully saturated rings. The van der Waals surface area contributed by atoms with Crippen molar-refractivity contribution >= 4 is 0 Å². The molecule has 19 heavy (non-hydrogen) atoms. The third-order valence-electron chi connectivity index (χ3n) is 3.91. The normalized spacial score (nSPS) is 23.7. The van der Waals surface area contributed by atoms with Crippen molar-refractivity contribution in [3.8, 4) is 5.75 Å². The summed E-state index contributed by atoms with van der Waals surface area (Å²) in [6, 6.07) is 9.14. The van der Waals surface area contributed by atoms with Gasteiger partial charge in [0.25, 0.3) is 0 Å². The van der Waals surface area contributed by atoms with Crippen LogP contribution < -0.4 is 10.5 Å². The fraction of sp³-hybridized carbons (Fsp3) is 0.625. The van der Waals surface area contributed by atoms with Crippen LogP contribution in [0.3, 0.4) is 0 Å². The largest absolute Gasteiger partial charge is 0.494 e. The van der Waals surface area contributed by atoms with E-state index in [2.05, 4.69) is 43.0 Å². The van der Waals surface area contributed by atoms with E-state index < -0.39 is 0 Å². The van der Waals surface area contributed by atoms with Crippen molar-refractivity contribution in [2.75, 3.05) is 19.7 Å². The molecule has 1 aromatic rings. The van der Waals surface area contributed by atoms with Crippen molar-refractivity contribution < 1.29 is 4.74 Å². The molecule has 0 amide bonds. The van der Waals surface area contributed by atoms with Crippen LogP contribution in [0.4, 0.5) is 0 Å². The van der Waals surface area contributed by atoms with Gasteiger partial charge in [0, 0.05) is 19.1 Å². The van der Waals surface area contributed by atoms with E-state index in [0.29, 0.717) is 12.0 Å². The zero-order valence-corrected chi connectivity index (χ0v) is 12.1. The summed E-state index contributed by atoms with van der Waals surface area (Å²) < 4.78 is 5.61. The van der Waals surface area contributed by atoms with E-state index in [9.17, 15) is 0 Å². The Labute approximate surface area is 116 Å². The lowest BCUT2D eigenvalue weighted by atomic mass is 10.1. The molecular formula is C16H26N2O. The van der Waals surface area contributed by atoms with Crippen molar-refractivity contribution in [2.45, 2.75) is 39.3 Å². The van der Waals surface area contributed by atoms with E-state index in [1.807, 2.05) is 0 Å². The Morgan fingerprint density at radius 3 is 2.63 bits per heavy atom. The molecule has 3 nitrogen and oxygen atoms in total. The molecule has 2 N–H and O–H groups in total. The molecule has 1 aliphatic heterocycles. The first-order valence-corrected chi connectivity index (χ1v) is 7.38. The number of benzene rings is 1. The Hall–Kier alpha value is -1.06. The summed E-state index contributed by atoms with van der Waals surface area (Å²) in [5.41, 5.74) is 7.13. The molecule has 1 aromatic carbocycles. The van der Waals surface area contributed by atoms with Gasteiger partial charge in [-0.2, -0.15) is 0 Å². The summed E-state index contributed by atoms with van der Waals surface area (Å²) in [5.74, 6) is 1.64. The molecule has 1 saturated heterocycles. The lowest BCUT2D eigenvalue weighted by molar-refractivity contribution is 0.255. The fourth-order valence-electron chi connectivity index (χ4n) is 2.75. The minimum atomic E-state index is 0.643. The first kappa shape index (κ1) is 14.4. The highest BCUT2D eigenvalue weighted by molar-refractivity contribution is 5.27. The molecule has 0 spiro atoms. The average molecular weight is 262 g/mol. The van der Waals surface area contributed by atoms with Crippen LogP contribution in [0.5, 0.6) is 5.75 Å². The summed E-state index contributed by atoms with van der Waals surface area (Å²) in [7, 11) is 0. The number of hydrogen-bond donors (Lipinski definition) is 1. The third-order valence-corrected chi connectivity index (χ3v) is 3.91. The summed E-state index contributed by atoms with van der Waals surface area (Å²) in [5, 5.41) is 0. The third kappa shape index (κ3) is 3.95. The molecule has 0 aromatic heterocycles. The van der Waals surface area contributed by atoms with Crippen LogP contribution in [0.1, 0.15) is 32.3 Å². The maximum Gasteiger partial charge on any atom is 0.119 e. The van der Waals surface area contributed by atoms with Gasteiger partial charge in [-0.3, -0.25) is 4.90 Å². The monoisotopic (exact) mass is 262 g/mol. The highest BCUT2D eigenvalue weighted by Gasteiger charge is 2.27. The lowest BCUT2D eigenvalue weighted by Gasteiger charge is -2.21. The molecule has 2 atom stereocenters. The second-order valence-corrected chi connectivity index (χ2v) is 5.61. The predicted molar refractivity (Wildman–Crippen MR) is 79.3 cm³/mol. The Bertz CT molecular complexity index is 377. The minimum Gasteiger partial charge on any atom is -0.494 e. The summed E-state index contributed by atoms with van der Waals surface area (Å²) in [4.78, 5) is 2.53. The second-order valence-electron chi connectivity index (χ2n) is 5.61. The Balaban J connectivity index is 1.89. The zero-order chi connectivity index (χ0) is 13.7. The first-order valence-electron chi connectivity index (χ1n) is 7.38. The Kier molecular flexibility index (Phi) is 5.23. The van der Waals surface area contributed by atoms with Gasteiger partial charge in [0.15, 0.2) is 0 Å². The van der Waals surface area contributed by atoms with Crippen LogP contribution in [0, 0.1) is 5.92 Å². The maximum atomic E-state index is 5.77. The van der Waals surface area contributed by atoms with E-state index in [0.717, 1.165) is 38.4 Å². The van der Waals surface area contributed by atoms with Crippen molar-refractivity contribution in [3.63, 3.8) is 0 Å². The van der Waals surface area contributed by atoms with Crippen molar-refractivity contribution in [1.82, 2.24) is 4.90 Å². The van der Waals surface area contributed by atoms with Gasteiger partial charge >= 0.3 is 0 Å². The van der Waals surface area contributed by atoms with Crippen LogP contribution in [0.2, 0.25) is 0 Å². The highest BCUT2D eigenvalue weighted by atomic mass is 16.5. The number of nitrogens with zero attached hydrogens (tertiary/aromatic N) is 1. The molecule has 0 aliphatic carbocycles. The van der Waals surface area contributed by atoms with Crippen LogP contribution in [-0.2, 0) is 6.54 Å². The van der Waals surface area contributed by atoms with Crippen molar-refractivity contribution in [2.24, 2.45) is 11.7 Å². The standard InChI is InChI=1S/C16H26N2O/c1-3-8-19-16-6-4-14(5-7-16)11-18-12-15(10-17)9-13(18)2/h4-7,13,15H,3,8-12,17H2,1-2H3. The minimum absolute atomic E-state index is 0.643. The molecule has 0 bridgehead atoms. The molecule has 3 heteroatoms. The number of rotatable bonds is 6. The molecule has 106 valence electrons. The molecule has 1 heterocycles. The number of hydrogen-bond acceptors (Lipinski definition) is 3. The van der Waals surface area contributed by atoms with Gasteiger partial charge in [0.1, 0.15) is 5.75 Å². The van der Waals surface area contributed by atoms with Gasteiger partial charge in [-0.1, -0.05) is 19.1 Å². The lowest BCUT2D eigenvalue weighted by Crippen LogP contribution is -2.27. The van der Waals surface area contributed by atoms with Crippen LogP contribution >= 0.6 is 0 Å². The summed E-state index contributed by atoms with van der Waals surface area (Å²) in [6.07, 6.45) is 2.28. The van der Waals surface area contributed by atoms with Crippen LogP contribution in [0.25, 0.3) is 0 Å². The topological polar surface area (TPSA) is 38.5 Å². The quantitative estimate of drug-likeness (QED) is 0.856. The summed E-state index contributed by atoms with van der Waals surface area (Å²) in [6.45, 7) is 8.17. The first-order chi connectivity index (χ1) is 9.22.